The summed E-state index contributed by atoms with van der Waals surface area (Å²) in [5.41, 5.74) is 11.0. The van der Waals surface area contributed by atoms with Crippen LogP contribution >= 0.6 is 0 Å². The number of fused-ring (bicyclic) bond motifs is 7. The summed E-state index contributed by atoms with van der Waals surface area (Å²) in [7, 11) is 0. The maximum atomic E-state index is 4.61. The molecule has 0 amide bonds. The van der Waals surface area contributed by atoms with Crippen molar-refractivity contribution in [2.45, 2.75) is 26.4 Å². The summed E-state index contributed by atoms with van der Waals surface area (Å²) in [6.45, 7) is 4.00. The average Bonchev–Trinajstić information content (AvgIpc) is 3.56. The summed E-state index contributed by atoms with van der Waals surface area (Å²) in [5, 5.41) is 13.2. The summed E-state index contributed by atoms with van der Waals surface area (Å²) in [6, 6.07) is 42.2. The van der Waals surface area contributed by atoms with Gasteiger partial charge in [0.15, 0.2) is 12.0 Å². The van der Waals surface area contributed by atoms with Gasteiger partial charge in [-0.05, 0) is 36.3 Å². The van der Waals surface area contributed by atoms with Gasteiger partial charge in [-0.15, -0.1) is 5.11 Å². The van der Waals surface area contributed by atoms with Crippen molar-refractivity contribution < 1.29 is 0 Å². The molecule has 6 nitrogen and oxygen atoms in total. The molecule has 0 spiro atoms. The fraction of sp³-hybridized carbons (Fsp3) is 0.0976. The Kier molecular flexibility index (Phi) is 8.56. The van der Waals surface area contributed by atoms with Crippen LogP contribution < -0.4 is 5.43 Å². The molecule has 7 aromatic rings. The molecule has 0 radical (unpaired) electrons. The number of aromatic amines is 1. The fourth-order valence-electron chi connectivity index (χ4n) is 6.17. The Bertz CT molecular complexity index is 2320. The molecule has 0 bridgehead atoms. The molecule has 1 aliphatic heterocycles. The Labute approximate surface area is 274 Å². The van der Waals surface area contributed by atoms with Gasteiger partial charge < -0.3 is 9.55 Å². The SMILES string of the molecule is C1=CCC=CC(C2N=NNC(c3ccccc3)=N2)=C1.CC.c1ccc(-n2c3ccccc3c3ccc4c5ccccc5[nH]c4c32)cc1. The Morgan fingerprint density at radius 2 is 1.38 bits per heavy atom. The first kappa shape index (κ1) is 29.7. The van der Waals surface area contributed by atoms with Crippen molar-refractivity contribution >= 4 is 49.4 Å². The first-order valence-corrected chi connectivity index (χ1v) is 16.2. The van der Waals surface area contributed by atoms with E-state index in [0.29, 0.717) is 0 Å². The van der Waals surface area contributed by atoms with Gasteiger partial charge in [-0.1, -0.05) is 147 Å². The number of aromatic nitrogens is 2. The summed E-state index contributed by atoms with van der Waals surface area (Å²) in [6.07, 6.45) is 11.0. The van der Waals surface area contributed by atoms with E-state index in [1.165, 1.54) is 49.3 Å². The molecule has 9 rings (SSSR count). The third kappa shape index (κ3) is 5.77. The van der Waals surface area contributed by atoms with Crippen LogP contribution in [0.1, 0.15) is 25.8 Å². The normalized spacial score (nSPS) is 15.3. The van der Waals surface area contributed by atoms with Crippen molar-refractivity contribution in [2.24, 2.45) is 15.3 Å². The number of rotatable bonds is 3. The zero-order chi connectivity index (χ0) is 32.0. The minimum atomic E-state index is -0.268. The van der Waals surface area contributed by atoms with Crippen molar-refractivity contribution in [3.05, 3.63) is 163 Å². The molecule has 6 heteroatoms. The molecule has 3 heterocycles. The maximum Gasteiger partial charge on any atom is 0.190 e. The minimum Gasteiger partial charge on any atom is -0.353 e. The molecular weight excluding hydrogens is 576 g/mol. The zero-order valence-corrected chi connectivity index (χ0v) is 26.5. The van der Waals surface area contributed by atoms with Crippen molar-refractivity contribution in [3.8, 4) is 5.69 Å². The van der Waals surface area contributed by atoms with Gasteiger partial charge in [0, 0.05) is 38.3 Å². The largest absolute Gasteiger partial charge is 0.353 e. The highest BCUT2D eigenvalue weighted by Crippen LogP contribution is 2.38. The molecule has 1 atom stereocenters. The number of allylic oxidation sites excluding steroid dienone is 4. The van der Waals surface area contributed by atoms with Gasteiger partial charge in [0.1, 0.15) is 0 Å². The molecule has 47 heavy (non-hydrogen) atoms. The van der Waals surface area contributed by atoms with E-state index in [1.54, 1.807) is 0 Å². The molecule has 0 saturated heterocycles. The van der Waals surface area contributed by atoms with Crippen LogP contribution in [0.25, 0.3) is 49.3 Å². The molecule has 0 fully saturated rings. The predicted octanol–water partition coefficient (Wildman–Crippen LogP) is 10.6. The van der Waals surface area contributed by atoms with E-state index in [-0.39, 0.29) is 6.17 Å². The molecular formula is C41H36N6. The first-order chi connectivity index (χ1) is 23.3. The highest BCUT2D eigenvalue weighted by molar-refractivity contribution is 6.22. The second-order valence-electron chi connectivity index (χ2n) is 11.0. The number of benzene rings is 5. The Morgan fingerprint density at radius 1 is 0.681 bits per heavy atom. The number of nitrogens with one attached hydrogen (secondary N) is 2. The monoisotopic (exact) mass is 612 g/mol. The summed E-state index contributed by atoms with van der Waals surface area (Å²) < 4.78 is 2.38. The molecule has 1 unspecified atom stereocenters. The quantitative estimate of drug-likeness (QED) is 0.205. The topological polar surface area (TPSA) is 69.8 Å². The minimum absolute atomic E-state index is 0.268. The number of amidine groups is 1. The zero-order valence-electron chi connectivity index (χ0n) is 26.5. The van der Waals surface area contributed by atoms with Crippen LogP contribution in [0.3, 0.4) is 0 Å². The van der Waals surface area contributed by atoms with E-state index in [1.807, 2.05) is 56.3 Å². The van der Waals surface area contributed by atoms with Gasteiger partial charge in [0.2, 0.25) is 0 Å². The second kappa shape index (κ2) is 13.5. The number of nitrogens with zero attached hydrogens (tertiary/aromatic N) is 4. The standard InChI is InChI=1S/C24H16N2.C15H14N4.C2H6/c1-2-8-16(9-3-1)26-22-13-7-5-11-18(22)20-15-14-19-17-10-4-6-12-21(17)25-23(19)24(20)26;1-2-5-9-12(8-4-1)14-16-15(18-19-17-14)13-10-6-3-7-11-13;1-2/h1-15,25H;1,3-11,14H,2H2,(H,16,17,18);1-2H3. The number of hydrogen-bond donors (Lipinski definition) is 2. The van der Waals surface area contributed by atoms with Crippen LogP contribution in [0.4, 0.5) is 0 Å². The molecule has 1 aliphatic carbocycles. The fourth-order valence-corrected chi connectivity index (χ4v) is 6.17. The molecule has 2 aliphatic rings. The van der Waals surface area contributed by atoms with E-state index < -0.39 is 0 Å². The van der Waals surface area contributed by atoms with Crippen LogP contribution in [0, 0.1) is 0 Å². The lowest BCUT2D eigenvalue weighted by atomic mass is 10.1. The van der Waals surface area contributed by atoms with Crippen LogP contribution in [-0.4, -0.2) is 21.6 Å². The lowest BCUT2D eigenvalue weighted by Gasteiger charge is -2.15. The summed E-state index contributed by atoms with van der Waals surface area (Å²) in [4.78, 5) is 8.28. The van der Waals surface area contributed by atoms with E-state index >= 15 is 0 Å². The Morgan fingerprint density at radius 3 is 2.21 bits per heavy atom. The van der Waals surface area contributed by atoms with Crippen LogP contribution in [-0.2, 0) is 0 Å². The molecule has 0 saturated carbocycles. The third-order valence-electron chi connectivity index (χ3n) is 8.25. The Hall–Kier alpha value is -6.01. The van der Waals surface area contributed by atoms with Gasteiger partial charge in [0.05, 0.1) is 16.6 Å². The lowest BCUT2D eigenvalue weighted by molar-refractivity contribution is 0.686. The maximum absolute atomic E-state index is 4.61. The highest BCUT2D eigenvalue weighted by atomic mass is 15.5. The number of hydrogen-bond acceptors (Lipinski definition) is 4. The number of H-pyrrole nitrogens is 1. The van der Waals surface area contributed by atoms with Crippen molar-refractivity contribution in [1.82, 2.24) is 15.0 Å². The van der Waals surface area contributed by atoms with Gasteiger partial charge in [-0.3, -0.25) is 0 Å². The molecule has 230 valence electrons. The highest BCUT2D eigenvalue weighted by Gasteiger charge is 2.18. The van der Waals surface area contributed by atoms with E-state index in [2.05, 4.69) is 140 Å². The summed E-state index contributed by atoms with van der Waals surface area (Å²) >= 11 is 0. The van der Waals surface area contributed by atoms with Gasteiger partial charge in [-0.25, -0.2) is 10.4 Å². The number of para-hydroxylation sites is 3. The van der Waals surface area contributed by atoms with E-state index in [9.17, 15) is 0 Å². The average molecular weight is 613 g/mol. The molecule has 2 aromatic heterocycles. The predicted molar refractivity (Wildman–Crippen MR) is 197 cm³/mol. The van der Waals surface area contributed by atoms with Crippen LogP contribution in [0.2, 0.25) is 0 Å². The van der Waals surface area contributed by atoms with Crippen molar-refractivity contribution in [3.63, 3.8) is 0 Å². The van der Waals surface area contributed by atoms with Crippen LogP contribution in [0.5, 0.6) is 0 Å². The van der Waals surface area contributed by atoms with Crippen molar-refractivity contribution in [2.75, 3.05) is 0 Å². The second-order valence-corrected chi connectivity index (χ2v) is 11.0. The van der Waals surface area contributed by atoms with E-state index in [4.69, 9.17) is 0 Å². The van der Waals surface area contributed by atoms with Crippen LogP contribution in [0.15, 0.2) is 173 Å². The Balaban J connectivity index is 0.000000149. The smallest absolute Gasteiger partial charge is 0.190 e. The third-order valence-corrected chi connectivity index (χ3v) is 8.25. The lowest BCUT2D eigenvalue weighted by Crippen LogP contribution is -2.25. The molecule has 5 aromatic carbocycles. The van der Waals surface area contributed by atoms with Gasteiger partial charge in [-0.2, -0.15) is 0 Å². The van der Waals surface area contributed by atoms with Crippen molar-refractivity contribution in [1.29, 1.82) is 0 Å². The first-order valence-electron chi connectivity index (χ1n) is 16.2. The number of aliphatic imine (C=N–C) groups is 1. The molecule has 2 N–H and O–H groups in total. The van der Waals surface area contributed by atoms with Gasteiger partial charge in [0.25, 0.3) is 0 Å². The van der Waals surface area contributed by atoms with E-state index in [0.717, 1.165) is 23.4 Å². The summed E-state index contributed by atoms with van der Waals surface area (Å²) in [5.74, 6) is 0.753. The van der Waals surface area contributed by atoms with Gasteiger partial charge >= 0.3 is 0 Å².